The third kappa shape index (κ3) is 3.34. The highest BCUT2D eigenvalue weighted by Gasteiger charge is 2.11. The first-order chi connectivity index (χ1) is 8.08. The van der Waals surface area contributed by atoms with E-state index >= 15 is 0 Å². The summed E-state index contributed by atoms with van der Waals surface area (Å²) in [4.78, 5) is 22.4. The van der Waals surface area contributed by atoms with Crippen molar-refractivity contribution in [3.63, 3.8) is 0 Å². The molecule has 0 unspecified atom stereocenters. The van der Waals surface area contributed by atoms with Crippen LogP contribution >= 0.6 is 0 Å². The van der Waals surface area contributed by atoms with Crippen molar-refractivity contribution >= 4 is 11.9 Å². The standard InChI is InChI=1S/C12H13NO4/c1-3-10(12(15)16)13-11(14)8-4-6-9(17-2)7-5-8/h3-7H,1-2H3,(H,13,14)(H,15,16)/b10-3-. The second-order valence-corrected chi connectivity index (χ2v) is 3.19. The van der Waals surface area contributed by atoms with E-state index in [-0.39, 0.29) is 5.70 Å². The molecule has 0 aromatic heterocycles. The number of carbonyl (C=O) groups is 2. The Hall–Kier alpha value is -2.30. The molecule has 2 N–H and O–H groups in total. The zero-order chi connectivity index (χ0) is 12.8. The molecule has 0 saturated carbocycles. The van der Waals surface area contributed by atoms with Gasteiger partial charge in [0.2, 0.25) is 0 Å². The zero-order valence-corrected chi connectivity index (χ0v) is 9.56. The second kappa shape index (κ2) is 5.69. The van der Waals surface area contributed by atoms with Crippen molar-refractivity contribution < 1.29 is 19.4 Å². The second-order valence-electron chi connectivity index (χ2n) is 3.19. The van der Waals surface area contributed by atoms with E-state index in [1.165, 1.54) is 20.1 Å². The van der Waals surface area contributed by atoms with Crippen LogP contribution in [0.25, 0.3) is 0 Å². The van der Waals surface area contributed by atoms with Crippen LogP contribution in [0.1, 0.15) is 17.3 Å². The molecule has 1 aromatic carbocycles. The average Bonchev–Trinajstić information content (AvgIpc) is 2.35. The van der Waals surface area contributed by atoms with Crippen molar-refractivity contribution in [3.8, 4) is 5.75 Å². The van der Waals surface area contributed by atoms with Gasteiger partial charge in [0, 0.05) is 5.56 Å². The van der Waals surface area contributed by atoms with Crippen molar-refractivity contribution in [1.82, 2.24) is 5.32 Å². The van der Waals surface area contributed by atoms with Gasteiger partial charge in [-0.3, -0.25) is 4.79 Å². The average molecular weight is 235 g/mol. The van der Waals surface area contributed by atoms with Gasteiger partial charge in [0.25, 0.3) is 5.91 Å². The number of aliphatic carboxylic acids is 1. The number of methoxy groups -OCH3 is 1. The molecule has 1 aromatic rings. The fraction of sp³-hybridized carbons (Fsp3) is 0.167. The summed E-state index contributed by atoms with van der Waals surface area (Å²) in [6.45, 7) is 1.54. The predicted octanol–water partition coefficient (Wildman–Crippen LogP) is 1.41. The van der Waals surface area contributed by atoms with Gasteiger partial charge in [-0.25, -0.2) is 4.79 Å². The number of hydrogen-bond donors (Lipinski definition) is 2. The highest BCUT2D eigenvalue weighted by atomic mass is 16.5. The number of amides is 1. The van der Waals surface area contributed by atoms with Crippen LogP contribution in [0.15, 0.2) is 36.0 Å². The van der Waals surface area contributed by atoms with E-state index in [0.29, 0.717) is 11.3 Å². The summed E-state index contributed by atoms with van der Waals surface area (Å²) in [5.74, 6) is -1.01. The maximum Gasteiger partial charge on any atom is 0.352 e. The van der Waals surface area contributed by atoms with Crippen molar-refractivity contribution in [2.45, 2.75) is 6.92 Å². The number of benzene rings is 1. The van der Waals surface area contributed by atoms with Gasteiger partial charge in [0.05, 0.1) is 7.11 Å². The first kappa shape index (κ1) is 12.8. The van der Waals surface area contributed by atoms with Crippen LogP contribution in [-0.4, -0.2) is 24.1 Å². The number of ether oxygens (including phenoxy) is 1. The van der Waals surface area contributed by atoms with Gasteiger partial charge in [0.1, 0.15) is 11.4 Å². The lowest BCUT2D eigenvalue weighted by atomic mass is 10.2. The SMILES string of the molecule is C/C=C(\NC(=O)c1ccc(OC)cc1)C(=O)O. The minimum atomic E-state index is -1.17. The maximum absolute atomic E-state index is 11.7. The van der Waals surface area contributed by atoms with E-state index in [9.17, 15) is 9.59 Å². The number of carboxylic acid groups (broad SMARTS) is 1. The first-order valence-electron chi connectivity index (χ1n) is 4.93. The molecule has 0 fully saturated rings. The lowest BCUT2D eigenvalue weighted by Crippen LogP contribution is -2.27. The Kier molecular flexibility index (Phi) is 4.28. The molecule has 0 heterocycles. The molecule has 0 aliphatic heterocycles. The molecule has 90 valence electrons. The summed E-state index contributed by atoms with van der Waals surface area (Å²) in [6, 6.07) is 6.38. The summed E-state index contributed by atoms with van der Waals surface area (Å²) in [5.41, 5.74) is 0.220. The summed E-state index contributed by atoms with van der Waals surface area (Å²) < 4.78 is 4.95. The van der Waals surface area contributed by atoms with Crippen molar-refractivity contribution in [1.29, 1.82) is 0 Å². The quantitative estimate of drug-likeness (QED) is 0.774. The Morgan fingerprint density at radius 1 is 1.29 bits per heavy atom. The number of hydrogen-bond acceptors (Lipinski definition) is 3. The smallest absolute Gasteiger partial charge is 0.352 e. The minimum Gasteiger partial charge on any atom is -0.497 e. The van der Waals surface area contributed by atoms with Gasteiger partial charge >= 0.3 is 5.97 Å². The number of carbonyl (C=O) groups excluding carboxylic acids is 1. The molecule has 1 rings (SSSR count). The van der Waals surface area contributed by atoms with Gasteiger partial charge in [-0.2, -0.15) is 0 Å². The molecule has 0 saturated heterocycles. The number of allylic oxidation sites excluding steroid dienone is 1. The molecule has 0 spiro atoms. The Bertz CT molecular complexity index is 448. The van der Waals surface area contributed by atoms with E-state index in [0.717, 1.165) is 0 Å². The van der Waals surface area contributed by atoms with Gasteiger partial charge in [-0.15, -0.1) is 0 Å². The Balaban J connectivity index is 2.79. The largest absolute Gasteiger partial charge is 0.497 e. The zero-order valence-electron chi connectivity index (χ0n) is 9.56. The van der Waals surface area contributed by atoms with Crippen molar-refractivity contribution in [2.75, 3.05) is 7.11 Å². The molecule has 0 bridgehead atoms. The Labute approximate surface area is 98.7 Å². The molecule has 0 aliphatic carbocycles. The number of nitrogens with one attached hydrogen (secondary N) is 1. The summed E-state index contributed by atoms with van der Waals surface area (Å²) in [7, 11) is 1.53. The van der Waals surface area contributed by atoms with E-state index in [4.69, 9.17) is 9.84 Å². The van der Waals surface area contributed by atoms with Crippen molar-refractivity contribution in [2.24, 2.45) is 0 Å². The lowest BCUT2D eigenvalue weighted by Gasteiger charge is -2.06. The summed E-state index contributed by atoms with van der Waals surface area (Å²) >= 11 is 0. The van der Waals surface area contributed by atoms with Gasteiger partial charge in [0.15, 0.2) is 0 Å². The van der Waals surface area contributed by atoms with Gasteiger partial charge < -0.3 is 15.2 Å². The lowest BCUT2D eigenvalue weighted by molar-refractivity contribution is -0.133. The van der Waals surface area contributed by atoms with Crippen LogP contribution in [0, 0.1) is 0 Å². The Morgan fingerprint density at radius 3 is 2.29 bits per heavy atom. The molecule has 0 radical (unpaired) electrons. The molecular weight excluding hydrogens is 222 g/mol. The van der Waals surface area contributed by atoms with Crippen molar-refractivity contribution in [3.05, 3.63) is 41.6 Å². The highest BCUT2D eigenvalue weighted by Crippen LogP contribution is 2.11. The van der Waals surface area contributed by atoms with E-state index < -0.39 is 11.9 Å². The van der Waals surface area contributed by atoms with Gasteiger partial charge in [-0.1, -0.05) is 6.08 Å². The fourth-order valence-electron chi connectivity index (χ4n) is 1.19. The maximum atomic E-state index is 11.7. The third-order valence-electron chi connectivity index (χ3n) is 2.12. The monoisotopic (exact) mass is 235 g/mol. The van der Waals surface area contributed by atoms with Crippen LogP contribution in [0.3, 0.4) is 0 Å². The first-order valence-corrected chi connectivity index (χ1v) is 4.93. The predicted molar refractivity (Wildman–Crippen MR) is 61.9 cm³/mol. The number of rotatable bonds is 4. The normalized spacial score (nSPS) is 10.8. The molecule has 5 heteroatoms. The molecule has 5 nitrogen and oxygen atoms in total. The molecule has 17 heavy (non-hydrogen) atoms. The van der Waals surface area contributed by atoms with E-state index in [1.807, 2.05) is 0 Å². The molecule has 0 aliphatic rings. The Morgan fingerprint density at radius 2 is 1.88 bits per heavy atom. The molecule has 1 amide bonds. The summed E-state index contributed by atoms with van der Waals surface area (Å²) in [6.07, 6.45) is 1.32. The molecular formula is C12H13NO4. The van der Waals surface area contributed by atoms with Crippen LogP contribution in [0.2, 0.25) is 0 Å². The number of carboxylic acids is 1. The van der Waals surface area contributed by atoms with Gasteiger partial charge in [-0.05, 0) is 31.2 Å². The van der Waals surface area contributed by atoms with E-state index in [1.54, 1.807) is 24.3 Å². The van der Waals surface area contributed by atoms with Crippen LogP contribution in [-0.2, 0) is 4.79 Å². The topological polar surface area (TPSA) is 75.6 Å². The summed E-state index contributed by atoms with van der Waals surface area (Å²) in [5, 5.41) is 11.0. The van der Waals surface area contributed by atoms with Crippen LogP contribution in [0.5, 0.6) is 5.75 Å². The van der Waals surface area contributed by atoms with E-state index in [2.05, 4.69) is 5.32 Å². The third-order valence-corrected chi connectivity index (χ3v) is 2.12. The minimum absolute atomic E-state index is 0.147. The molecule has 0 atom stereocenters. The highest BCUT2D eigenvalue weighted by molar-refractivity contribution is 6.00. The van der Waals surface area contributed by atoms with Crippen LogP contribution in [0.4, 0.5) is 0 Å². The van der Waals surface area contributed by atoms with Crippen LogP contribution < -0.4 is 10.1 Å². The fourth-order valence-corrected chi connectivity index (χ4v) is 1.19.